The SMILES string of the molecule is CC(=O)OCC(CCn1cnc2c(-c3nc(N)nc4c3ncn4CCC(COC(C)=O)COC(C)=O)nc(N)nc21)COC(C)=O. The average molecular weight is 641 g/mol. The van der Waals surface area contributed by atoms with E-state index in [1.807, 2.05) is 0 Å². The number of carbonyl (C=O) groups excluding carboxylic acids is 4. The van der Waals surface area contributed by atoms with E-state index in [0.29, 0.717) is 59.6 Å². The van der Waals surface area contributed by atoms with Gasteiger partial charge in [0.2, 0.25) is 11.9 Å². The summed E-state index contributed by atoms with van der Waals surface area (Å²) in [4.78, 5) is 72.1. The third-order valence-electron chi connectivity index (χ3n) is 6.83. The van der Waals surface area contributed by atoms with Gasteiger partial charge in [0, 0.05) is 52.6 Å². The Bertz CT molecular complexity index is 1570. The molecule has 18 heteroatoms. The molecule has 0 aliphatic carbocycles. The molecule has 0 aromatic carbocycles. The van der Waals surface area contributed by atoms with Gasteiger partial charge in [-0.05, 0) is 12.8 Å². The number of nitrogens with two attached hydrogens (primary N) is 2. The van der Waals surface area contributed by atoms with Crippen molar-refractivity contribution < 1.29 is 38.1 Å². The Hall–Kier alpha value is -5.42. The highest BCUT2D eigenvalue weighted by molar-refractivity contribution is 5.96. The summed E-state index contributed by atoms with van der Waals surface area (Å²) in [6.45, 7) is 6.31. The van der Waals surface area contributed by atoms with Gasteiger partial charge in [-0.1, -0.05) is 0 Å². The lowest BCUT2D eigenvalue weighted by Crippen LogP contribution is -2.21. The number of carbonyl (C=O) groups is 4. The van der Waals surface area contributed by atoms with Crippen molar-refractivity contribution in [3.8, 4) is 11.4 Å². The van der Waals surface area contributed by atoms with Crippen molar-refractivity contribution in [2.75, 3.05) is 37.9 Å². The number of anilines is 2. The largest absolute Gasteiger partial charge is 0.465 e. The summed E-state index contributed by atoms with van der Waals surface area (Å²) in [6.07, 6.45) is 4.08. The molecule has 4 aromatic rings. The molecule has 18 nitrogen and oxygen atoms in total. The molecule has 46 heavy (non-hydrogen) atoms. The lowest BCUT2D eigenvalue weighted by molar-refractivity contribution is -0.148. The number of hydrogen-bond donors (Lipinski definition) is 2. The van der Waals surface area contributed by atoms with Gasteiger partial charge in [0.25, 0.3) is 0 Å². The summed E-state index contributed by atoms with van der Waals surface area (Å²) in [5.41, 5.74) is 14.5. The molecule has 4 rings (SSSR count). The number of nitrogens with zero attached hydrogens (tertiary/aromatic N) is 8. The van der Waals surface area contributed by atoms with Gasteiger partial charge in [0.1, 0.15) is 22.4 Å². The van der Waals surface area contributed by atoms with E-state index in [4.69, 9.17) is 30.4 Å². The van der Waals surface area contributed by atoms with Gasteiger partial charge in [-0.15, -0.1) is 0 Å². The van der Waals surface area contributed by atoms with E-state index in [1.165, 1.54) is 27.7 Å². The monoisotopic (exact) mass is 640 g/mol. The second kappa shape index (κ2) is 15.0. The van der Waals surface area contributed by atoms with Crippen molar-refractivity contribution in [1.82, 2.24) is 39.0 Å². The first-order chi connectivity index (χ1) is 21.9. The summed E-state index contributed by atoms with van der Waals surface area (Å²) < 4.78 is 24.1. The van der Waals surface area contributed by atoms with Crippen molar-refractivity contribution in [2.45, 2.75) is 53.6 Å². The molecule has 0 fully saturated rings. The highest BCUT2D eigenvalue weighted by atomic mass is 16.6. The molecule has 0 bridgehead atoms. The van der Waals surface area contributed by atoms with Crippen molar-refractivity contribution in [2.24, 2.45) is 11.8 Å². The number of ether oxygens (including phenoxy) is 4. The van der Waals surface area contributed by atoms with Crippen LogP contribution in [-0.2, 0) is 51.2 Å². The van der Waals surface area contributed by atoms with Gasteiger partial charge in [-0.2, -0.15) is 9.97 Å². The van der Waals surface area contributed by atoms with E-state index in [9.17, 15) is 19.2 Å². The number of esters is 4. The summed E-state index contributed by atoms with van der Waals surface area (Å²) in [5.74, 6) is -2.36. The maximum Gasteiger partial charge on any atom is 0.302 e. The fourth-order valence-corrected chi connectivity index (χ4v) is 4.59. The first kappa shape index (κ1) is 33.5. The van der Waals surface area contributed by atoms with Gasteiger partial charge in [-0.3, -0.25) is 19.2 Å². The van der Waals surface area contributed by atoms with Crippen LogP contribution in [0.15, 0.2) is 12.7 Å². The number of aryl methyl sites for hydroxylation is 2. The van der Waals surface area contributed by atoms with Crippen molar-refractivity contribution in [3.05, 3.63) is 12.7 Å². The molecule has 0 saturated carbocycles. The van der Waals surface area contributed by atoms with E-state index >= 15 is 0 Å². The molecule has 0 unspecified atom stereocenters. The normalized spacial score (nSPS) is 11.3. The van der Waals surface area contributed by atoms with Crippen LogP contribution in [0.5, 0.6) is 0 Å². The maximum atomic E-state index is 11.4. The second-order valence-electron chi connectivity index (χ2n) is 10.6. The van der Waals surface area contributed by atoms with Crippen LogP contribution < -0.4 is 11.5 Å². The smallest absolute Gasteiger partial charge is 0.302 e. The minimum atomic E-state index is -0.437. The molecule has 0 aliphatic rings. The molecule has 246 valence electrons. The van der Waals surface area contributed by atoms with Crippen LogP contribution in [0.2, 0.25) is 0 Å². The van der Waals surface area contributed by atoms with E-state index < -0.39 is 23.9 Å². The molecular formula is C28H36N10O8. The summed E-state index contributed by atoms with van der Waals surface area (Å²) >= 11 is 0. The lowest BCUT2D eigenvalue weighted by Gasteiger charge is -2.17. The molecule has 0 radical (unpaired) electrons. The zero-order valence-corrected chi connectivity index (χ0v) is 26.0. The van der Waals surface area contributed by atoms with Gasteiger partial charge < -0.3 is 39.5 Å². The van der Waals surface area contributed by atoms with E-state index in [0.717, 1.165) is 0 Å². The Morgan fingerprint density at radius 3 is 1.24 bits per heavy atom. The zero-order chi connectivity index (χ0) is 33.4. The van der Waals surface area contributed by atoms with Crippen molar-refractivity contribution in [1.29, 1.82) is 0 Å². The summed E-state index contributed by atoms with van der Waals surface area (Å²) in [7, 11) is 0. The summed E-state index contributed by atoms with van der Waals surface area (Å²) in [6, 6.07) is 0. The number of imidazole rings is 2. The van der Waals surface area contributed by atoms with Crippen LogP contribution >= 0.6 is 0 Å². The number of nitrogen functional groups attached to an aromatic ring is 2. The molecule has 0 spiro atoms. The van der Waals surface area contributed by atoms with Gasteiger partial charge in [-0.25, -0.2) is 19.9 Å². The minimum absolute atomic E-state index is 0.0378. The quantitative estimate of drug-likeness (QED) is 0.136. The minimum Gasteiger partial charge on any atom is -0.465 e. The van der Waals surface area contributed by atoms with E-state index in [2.05, 4.69) is 29.9 Å². The Morgan fingerprint density at radius 2 is 0.935 bits per heavy atom. The fourth-order valence-electron chi connectivity index (χ4n) is 4.59. The topological polar surface area (TPSA) is 244 Å². The zero-order valence-electron chi connectivity index (χ0n) is 26.0. The van der Waals surface area contributed by atoms with Crippen LogP contribution in [0.1, 0.15) is 40.5 Å². The third kappa shape index (κ3) is 8.82. The molecule has 0 amide bonds. The predicted molar refractivity (Wildman–Crippen MR) is 161 cm³/mol. The molecule has 4 N–H and O–H groups in total. The standard InChI is InChI=1S/C28H36N10O8/c1-15(39)43-9-19(10-44-16(2)40)5-7-37-13-31-23-21(33-27(29)35-25(23)37)22-24-26(36-28(30)34-22)38(14-32-24)8-6-20(11-45-17(3)41)12-46-18(4)42/h13-14,19-20H,5-12H2,1-4H3,(H2,29,33,35)(H2,30,34,36). The molecule has 4 aromatic heterocycles. The molecule has 0 saturated heterocycles. The number of fused-ring (bicyclic) bond motifs is 2. The first-order valence-corrected chi connectivity index (χ1v) is 14.4. The fraction of sp³-hybridized carbons (Fsp3) is 0.500. The highest BCUT2D eigenvalue weighted by Gasteiger charge is 2.22. The maximum absolute atomic E-state index is 11.4. The van der Waals surface area contributed by atoms with E-state index in [1.54, 1.807) is 21.8 Å². The van der Waals surface area contributed by atoms with Gasteiger partial charge in [0.05, 0.1) is 39.1 Å². The lowest BCUT2D eigenvalue weighted by atomic mass is 10.1. The van der Waals surface area contributed by atoms with Crippen LogP contribution in [0.3, 0.4) is 0 Å². The predicted octanol–water partition coefficient (Wildman–Crippen LogP) is 1.06. The average Bonchev–Trinajstić information content (AvgIpc) is 3.58. The Labute approximate surface area is 262 Å². The number of hydrogen-bond acceptors (Lipinski definition) is 16. The molecular weight excluding hydrogens is 604 g/mol. The molecule has 0 atom stereocenters. The number of rotatable bonds is 15. The van der Waals surface area contributed by atoms with Crippen LogP contribution in [0.25, 0.3) is 33.7 Å². The van der Waals surface area contributed by atoms with E-state index in [-0.39, 0.29) is 50.2 Å². The molecule has 4 heterocycles. The van der Waals surface area contributed by atoms with Crippen LogP contribution in [0.4, 0.5) is 11.9 Å². The summed E-state index contributed by atoms with van der Waals surface area (Å²) in [5, 5.41) is 0. The van der Waals surface area contributed by atoms with Gasteiger partial charge >= 0.3 is 23.9 Å². The van der Waals surface area contributed by atoms with Crippen LogP contribution in [0, 0.1) is 11.8 Å². The highest BCUT2D eigenvalue weighted by Crippen LogP contribution is 2.30. The van der Waals surface area contributed by atoms with Crippen molar-refractivity contribution in [3.63, 3.8) is 0 Å². The molecule has 0 aliphatic heterocycles. The van der Waals surface area contributed by atoms with Crippen molar-refractivity contribution >= 4 is 58.1 Å². The Balaban J connectivity index is 1.61. The number of aromatic nitrogens is 8. The third-order valence-corrected chi connectivity index (χ3v) is 6.83. The Kier molecular flexibility index (Phi) is 10.9. The Morgan fingerprint density at radius 1 is 0.609 bits per heavy atom. The van der Waals surface area contributed by atoms with Gasteiger partial charge in [0.15, 0.2) is 11.3 Å². The van der Waals surface area contributed by atoms with Crippen LogP contribution in [-0.4, -0.2) is 89.3 Å². The first-order valence-electron chi connectivity index (χ1n) is 14.4. The second-order valence-corrected chi connectivity index (χ2v) is 10.6.